The minimum atomic E-state index is -2.09. The van der Waals surface area contributed by atoms with Gasteiger partial charge < -0.3 is 19.1 Å². The van der Waals surface area contributed by atoms with Crippen molar-refractivity contribution in [2.45, 2.75) is 18.8 Å². The highest BCUT2D eigenvalue weighted by molar-refractivity contribution is 5.97. The summed E-state index contributed by atoms with van der Waals surface area (Å²) < 4.78 is 43.4. The van der Waals surface area contributed by atoms with Crippen LogP contribution in [0.5, 0.6) is 0 Å². The summed E-state index contributed by atoms with van der Waals surface area (Å²) in [5.74, 6) is -4.56. The van der Waals surface area contributed by atoms with Crippen LogP contribution >= 0.6 is 0 Å². The molecule has 1 saturated heterocycles. The van der Waals surface area contributed by atoms with Crippen LogP contribution in [0.2, 0.25) is 0 Å². The Morgan fingerprint density at radius 1 is 0.800 bits per heavy atom. The van der Waals surface area contributed by atoms with Gasteiger partial charge in [0.1, 0.15) is 11.6 Å². The van der Waals surface area contributed by atoms with E-state index in [1.165, 1.54) is 36.4 Å². The largest absolute Gasteiger partial charge is 0.406 e. The Balaban J connectivity index is 1.23. The van der Waals surface area contributed by atoms with Gasteiger partial charge in [0, 0.05) is 30.2 Å². The molecule has 40 heavy (non-hydrogen) atoms. The second kappa shape index (κ2) is 11.9. The van der Waals surface area contributed by atoms with Gasteiger partial charge in [0.25, 0.3) is 0 Å². The molecule has 0 aliphatic carbocycles. The number of nitrogens with zero attached hydrogens (tertiary/aromatic N) is 1. The van der Waals surface area contributed by atoms with Crippen LogP contribution in [0, 0.1) is 17.6 Å². The van der Waals surface area contributed by atoms with Crippen LogP contribution < -0.4 is 0 Å². The van der Waals surface area contributed by atoms with Crippen molar-refractivity contribution in [1.82, 2.24) is 4.90 Å². The van der Waals surface area contributed by atoms with Gasteiger partial charge in [-0.3, -0.25) is 4.79 Å². The maximum absolute atomic E-state index is 13.3. The number of halogens is 2. The summed E-state index contributed by atoms with van der Waals surface area (Å²) in [7, 11) is 0. The summed E-state index contributed by atoms with van der Waals surface area (Å²) in [5, 5.41) is 0. The van der Waals surface area contributed by atoms with E-state index < -0.39 is 17.9 Å². The molecule has 2 heterocycles. The van der Waals surface area contributed by atoms with Crippen LogP contribution in [0.3, 0.4) is 0 Å². The summed E-state index contributed by atoms with van der Waals surface area (Å²) in [6.45, 7) is 1.79. The number of likely N-dealkylation sites (tertiary alicyclic amines) is 1. The summed E-state index contributed by atoms with van der Waals surface area (Å²) in [6.07, 6.45) is 3.23. The van der Waals surface area contributed by atoms with Gasteiger partial charge in [0.15, 0.2) is 5.78 Å². The van der Waals surface area contributed by atoms with Crippen molar-refractivity contribution >= 4 is 17.7 Å². The molecule has 5 rings (SSSR count). The molecule has 0 N–H and O–H groups in total. The van der Waals surface area contributed by atoms with E-state index in [2.05, 4.69) is 4.90 Å². The molecule has 0 atom stereocenters. The van der Waals surface area contributed by atoms with Crippen LogP contribution in [0.25, 0.3) is 11.1 Å². The van der Waals surface area contributed by atoms with Crippen LogP contribution in [0.15, 0.2) is 84.9 Å². The van der Waals surface area contributed by atoms with Crippen LogP contribution in [0.4, 0.5) is 8.78 Å². The molecule has 0 aromatic heterocycles. The number of piperidine rings is 1. The molecule has 206 valence electrons. The lowest BCUT2D eigenvalue weighted by atomic mass is 9.89. The van der Waals surface area contributed by atoms with Gasteiger partial charge in [-0.15, -0.1) is 0 Å². The molecule has 0 unspecified atom stereocenters. The number of cyclic esters (lactones) is 2. The van der Waals surface area contributed by atoms with Crippen LogP contribution in [-0.2, 0) is 29.8 Å². The van der Waals surface area contributed by atoms with E-state index in [4.69, 9.17) is 14.2 Å². The Morgan fingerprint density at radius 3 is 1.85 bits per heavy atom. The van der Waals surface area contributed by atoms with Gasteiger partial charge in [-0.1, -0.05) is 24.3 Å². The van der Waals surface area contributed by atoms with Gasteiger partial charge in [-0.2, -0.15) is 0 Å². The van der Waals surface area contributed by atoms with E-state index in [0.717, 1.165) is 23.3 Å². The van der Waals surface area contributed by atoms with Crippen molar-refractivity contribution in [2.75, 3.05) is 26.2 Å². The zero-order valence-electron chi connectivity index (χ0n) is 21.6. The van der Waals surface area contributed by atoms with Crippen molar-refractivity contribution in [1.29, 1.82) is 0 Å². The Labute approximate surface area is 230 Å². The fraction of sp³-hybridized carbons (Fsp3) is 0.258. The quantitative estimate of drug-likeness (QED) is 0.290. The molecule has 0 radical (unpaired) electrons. The normalized spacial score (nSPS) is 17.6. The number of benzene rings is 3. The van der Waals surface area contributed by atoms with Gasteiger partial charge in [0.2, 0.25) is 0 Å². The van der Waals surface area contributed by atoms with Gasteiger partial charge in [-0.25, -0.2) is 18.4 Å². The standard InChI is InChI=1S/C31H27F2NO6/c32-26-9-3-22(4-10-26)21-1-7-25(8-2-21)31(39-28(35)13-14-29(36)40-31)38-20-19-34-17-15-24(16-18-34)30(37)23-5-11-27(33)12-6-23/h1-14,24H,15-20H2. The summed E-state index contributed by atoms with van der Waals surface area (Å²) in [6, 6.07) is 18.3. The van der Waals surface area contributed by atoms with E-state index in [0.29, 0.717) is 43.6 Å². The highest BCUT2D eigenvalue weighted by atomic mass is 19.1. The fourth-order valence-corrected chi connectivity index (χ4v) is 4.84. The molecule has 0 amide bonds. The molecule has 0 spiro atoms. The third kappa shape index (κ3) is 6.32. The first-order valence-electron chi connectivity index (χ1n) is 13.0. The lowest BCUT2D eigenvalue weighted by Gasteiger charge is -2.34. The minimum Gasteiger partial charge on any atom is -0.391 e. The lowest BCUT2D eigenvalue weighted by molar-refractivity contribution is -0.352. The fourth-order valence-electron chi connectivity index (χ4n) is 4.84. The number of ether oxygens (including phenoxy) is 3. The molecular formula is C31H27F2NO6. The summed E-state index contributed by atoms with van der Waals surface area (Å²) >= 11 is 0. The minimum absolute atomic E-state index is 0.00344. The topological polar surface area (TPSA) is 82.1 Å². The van der Waals surface area contributed by atoms with E-state index in [1.54, 1.807) is 36.4 Å². The first kappa shape index (κ1) is 27.4. The third-order valence-electron chi connectivity index (χ3n) is 7.03. The van der Waals surface area contributed by atoms with Gasteiger partial charge in [0.05, 0.1) is 12.2 Å². The number of hydrogen-bond donors (Lipinski definition) is 0. The SMILES string of the molecule is O=C1C=CC(=O)OC(OCCN2CCC(C(=O)c3ccc(F)cc3)CC2)(c2ccc(-c3ccc(F)cc3)cc2)O1. The van der Waals surface area contributed by atoms with Crippen molar-refractivity contribution in [3.8, 4) is 11.1 Å². The summed E-state index contributed by atoms with van der Waals surface area (Å²) in [5.41, 5.74) is 2.36. The van der Waals surface area contributed by atoms with Gasteiger partial charge >= 0.3 is 17.9 Å². The first-order chi connectivity index (χ1) is 19.3. The highest BCUT2D eigenvalue weighted by Crippen LogP contribution is 2.33. The molecular weight excluding hydrogens is 520 g/mol. The van der Waals surface area contributed by atoms with Crippen molar-refractivity contribution in [3.63, 3.8) is 0 Å². The van der Waals surface area contributed by atoms with Crippen molar-refractivity contribution in [3.05, 3.63) is 108 Å². The second-order valence-electron chi connectivity index (χ2n) is 9.65. The first-order valence-corrected chi connectivity index (χ1v) is 13.0. The number of ketones is 1. The zero-order chi connectivity index (χ0) is 28.1. The predicted molar refractivity (Wildman–Crippen MR) is 141 cm³/mol. The van der Waals surface area contributed by atoms with E-state index >= 15 is 0 Å². The molecule has 0 bridgehead atoms. The smallest absolute Gasteiger partial charge is 0.391 e. The lowest BCUT2D eigenvalue weighted by Crippen LogP contribution is -2.42. The predicted octanol–water partition coefficient (Wildman–Crippen LogP) is 5.01. The van der Waals surface area contributed by atoms with Crippen molar-refractivity contribution in [2.24, 2.45) is 5.92 Å². The number of rotatable bonds is 8. The molecule has 1 fully saturated rings. The third-order valence-corrected chi connectivity index (χ3v) is 7.03. The number of hydrogen-bond acceptors (Lipinski definition) is 7. The van der Waals surface area contributed by atoms with E-state index in [-0.39, 0.29) is 29.9 Å². The number of esters is 2. The zero-order valence-corrected chi connectivity index (χ0v) is 21.6. The monoisotopic (exact) mass is 547 g/mol. The maximum atomic E-state index is 13.3. The number of carbonyl (C=O) groups is 3. The van der Waals surface area contributed by atoms with E-state index in [1.807, 2.05) is 0 Å². The Hall–Kier alpha value is -4.21. The maximum Gasteiger partial charge on any atom is 0.406 e. The summed E-state index contributed by atoms with van der Waals surface area (Å²) in [4.78, 5) is 39.5. The molecule has 2 aliphatic heterocycles. The molecule has 3 aromatic rings. The number of carbonyl (C=O) groups excluding carboxylic acids is 3. The average Bonchev–Trinajstić information content (AvgIpc) is 3.12. The van der Waals surface area contributed by atoms with Crippen LogP contribution in [-0.4, -0.2) is 48.9 Å². The highest BCUT2D eigenvalue weighted by Gasteiger charge is 2.44. The van der Waals surface area contributed by atoms with Crippen molar-refractivity contribution < 1.29 is 37.4 Å². The molecule has 9 heteroatoms. The molecule has 0 saturated carbocycles. The molecule has 3 aromatic carbocycles. The van der Waals surface area contributed by atoms with Gasteiger partial charge in [-0.05, 0) is 85.6 Å². The molecule has 7 nitrogen and oxygen atoms in total. The Kier molecular flexibility index (Phi) is 8.14. The Bertz CT molecular complexity index is 1380. The Morgan fingerprint density at radius 2 is 1.30 bits per heavy atom. The average molecular weight is 548 g/mol. The van der Waals surface area contributed by atoms with Crippen LogP contribution in [0.1, 0.15) is 28.8 Å². The van der Waals surface area contributed by atoms with E-state index in [9.17, 15) is 23.2 Å². The number of Topliss-reactive ketones (excluding diaryl/α,β-unsaturated/α-hetero) is 1. The second-order valence-corrected chi connectivity index (χ2v) is 9.65. The molecule has 2 aliphatic rings.